The van der Waals surface area contributed by atoms with Crippen LogP contribution in [0.4, 0.5) is 4.79 Å². The molecule has 1 aliphatic heterocycles. The van der Waals surface area contributed by atoms with Crippen LogP contribution in [0.25, 0.3) is 0 Å². The van der Waals surface area contributed by atoms with Gasteiger partial charge in [-0.3, -0.25) is 0 Å². The van der Waals surface area contributed by atoms with Crippen LogP contribution >= 0.6 is 0 Å². The molecular weight excluding hydrogens is 238 g/mol. The second-order valence-corrected chi connectivity index (χ2v) is 6.59. The van der Waals surface area contributed by atoms with Gasteiger partial charge in [-0.05, 0) is 40.0 Å². The van der Waals surface area contributed by atoms with Gasteiger partial charge in [0.15, 0.2) is 0 Å². The molecule has 0 saturated carbocycles. The molecule has 4 heteroatoms. The Morgan fingerprint density at radius 3 is 2.42 bits per heavy atom. The molecule has 1 N–H and O–H groups in total. The van der Waals surface area contributed by atoms with Crippen molar-refractivity contribution in [2.45, 2.75) is 59.5 Å². The first-order valence-electron chi connectivity index (χ1n) is 7.61. The zero-order valence-corrected chi connectivity index (χ0v) is 13.5. The summed E-state index contributed by atoms with van der Waals surface area (Å²) in [7, 11) is 0. The summed E-state index contributed by atoms with van der Waals surface area (Å²) < 4.78 is 0. The largest absolute Gasteiger partial charge is 0.325 e. The van der Waals surface area contributed by atoms with Gasteiger partial charge in [0.1, 0.15) is 0 Å². The molecule has 1 unspecified atom stereocenters. The van der Waals surface area contributed by atoms with Gasteiger partial charge < -0.3 is 15.1 Å². The van der Waals surface area contributed by atoms with Gasteiger partial charge in [0.05, 0.1) is 5.54 Å². The Labute approximate surface area is 118 Å². The van der Waals surface area contributed by atoms with E-state index in [4.69, 9.17) is 0 Å². The molecule has 1 atom stereocenters. The predicted molar refractivity (Wildman–Crippen MR) is 80.3 cm³/mol. The van der Waals surface area contributed by atoms with E-state index in [1.807, 2.05) is 18.7 Å². The highest BCUT2D eigenvalue weighted by Gasteiger charge is 2.38. The Balaban J connectivity index is 2.78. The van der Waals surface area contributed by atoms with Crippen molar-refractivity contribution in [1.82, 2.24) is 15.1 Å². The van der Waals surface area contributed by atoms with E-state index in [9.17, 15) is 4.79 Å². The van der Waals surface area contributed by atoms with Crippen molar-refractivity contribution in [1.29, 1.82) is 0 Å². The van der Waals surface area contributed by atoms with Crippen molar-refractivity contribution in [3.63, 3.8) is 0 Å². The summed E-state index contributed by atoms with van der Waals surface area (Å²) in [5, 5.41) is 3.59. The molecule has 0 spiro atoms. The molecule has 112 valence electrons. The van der Waals surface area contributed by atoms with E-state index >= 15 is 0 Å². The lowest BCUT2D eigenvalue weighted by Crippen LogP contribution is -2.65. The minimum absolute atomic E-state index is 0.104. The van der Waals surface area contributed by atoms with E-state index in [1.54, 1.807) is 0 Å². The fourth-order valence-corrected chi connectivity index (χ4v) is 2.75. The van der Waals surface area contributed by atoms with Gasteiger partial charge >= 0.3 is 6.03 Å². The van der Waals surface area contributed by atoms with Crippen LogP contribution in [0.2, 0.25) is 0 Å². The summed E-state index contributed by atoms with van der Waals surface area (Å²) in [5.74, 6) is 0.657. The third-order valence-electron chi connectivity index (χ3n) is 3.98. The number of hydrogen-bond acceptors (Lipinski definition) is 2. The lowest BCUT2D eigenvalue weighted by molar-refractivity contribution is 0.0667. The first-order valence-corrected chi connectivity index (χ1v) is 7.61. The number of rotatable bonds is 4. The van der Waals surface area contributed by atoms with Crippen molar-refractivity contribution in [3.05, 3.63) is 0 Å². The van der Waals surface area contributed by atoms with Gasteiger partial charge in [0, 0.05) is 32.2 Å². The summed E-state index contributed by atoms with van der Waals surface area (Å²) in [6.07, 6.45) is 1.12. The summed E-state index contributed by atoms with van der Waals surface area (Å²) in [6.45, 7) is 16.1. The Morgan fingerprint density at radius 1 is 1.37 bits per heavy atom. The van der Waals surface area contributed by atoms with Crippen molar-refractivity contribution < 1.29 is 4.79 Å². The zero-order chi connectivity index (χ0) is 14.6. The maximum absolute atomic E-state index is 12.6. The molecule has 1 fully saturated rings. The number of amides is 2. The van der Waals surface area contributed by atoms with Gasteiger partial charge in [-0.2, -0.15) is 0 Å². The second kappa shape index (κ2) is 6.60. The van der Waals surface area contributed by atoms with Crippen LogP contribution < -0.4 is 5.32 Å². The Hall–Kier alpha value is -0.770. The molecule has 0 radical (unpaired) electrons. The van der Waals surface area contributed by atoms with Gasteiger partial charge in [-0.15, -0.1) is 0 Å². The number of urea groups is 1. The molecule has 19 heavy (non-hydrogen) atoms. The molecule has 4 nitrogen and oxygen atoms in total. The van der Waals surface area contributed by atoms with Crippen LogP contribution in [-0.4, -0.2) is 53.6 Å². The molecule has 0 bridgehead atoms. The monoisotopic (exact) mass is 269 g/mol. The Kier molecular flexibility index (Phi) is 5.65. The molecule has 0 aromatic carbocycles. The molecule has 2 amide bonds. The lowest BCUT2D eigenvalue weighted by atomic mass is 9.94. The lowest BCUT2D eigenvalue weighted by Gasteiger charge is -2.47. The van der Waals surface area contributed by atoms with Crippen LogP contribution in [-0.2, 0) is 0 Å². The molecular formula is C15H31N3O. The molecule has 1 rings (SSSR count). The minimum atomic E-state index is -0.104. The standard InChI is InChI=1S/C15H31N3O/c1-7-17(8-2)14(19)18-10-13(9-12(3)4)16-11-15(18,5)6/h12-13,16H,7-11H2,1-6H3. The molecule has 0 aromatic rings. The molecule has 0 aliphatic carbocycles. The van der Waals surface area contributed by atoms with E-state index in [0.29, 0.717) is 12.0 Å². The highest BCUT2D eigenvalue weighted by Crippen LogP contribution is 2.22. The fourth-order valence-electron chi connectivity index (χ4n) is 2.75. The molecule has 0 aromatic heterocycles. The molecule has 1 saturated heterocycles. The first-order chi connectivity index (χ1) is 8.81. The van der Waals surface area contributed by atoms with Crippen LogP contribution in [0.5, 0.6) is 0 Å². The van der Waals surface area contributed by atoms with E-state index in [-0.39, 0.29) is 11.6 Å². The maximum Gasteiger partial charge on any atom is 0.320 e. The number of nitrogens with one attached hydrogen (secondary N) is 1. The first kappa shape index (κ1) is 16.3. The maximum atomic E-state index is 12.6. The van der Waals surface area contributed by atoms with E-state index < -0.39 is 0 Å². The molecule has 1 heterocycles. The fraction of sp³-hybridized carbons (Fsp3) is 0.933. The van der Waals surface area contributed by atoms with Gasteiger partial charge in [0.2, 0.25) is 0 Å². The number of nitrogens with zero attached hydrogens (tertiary/aromatic N) is 2. The second-order valence-electron chi connectivity index (χ2n) is 6.59. The van der Waals surface area contributed by atoms with Crippen molar-refractivity contribution in [2.75, 3.05) is 26.2 Å². The summed E-state index contributed by atoms with van der Waals surface area (Å²) in [4.78, 5) is 16.6. The predicted octanol–water partition coefficient (Wildman–Crippen LogP) is 2.55. The Morgan fingerprint density at radius 2 is 1.95 bits per heavy atom. The third-order valence-corrected chi connectivity index (χ3v) is 3.98. The summed E-state index contributed by atoms with van der Waals surface area (Å²) >= 11 is 0. The number of piperazine rings is 1. The normalized spacial score (nSPS) is 22.7. The van der Waals surface area contributed by atoms with Crippen LogP contribution in [0.15, 0.2) is 0 Å². The average Bonchev–Trinajstić information content (AvgIpc) is 2.32. The highest BCUT2D eigenvalue weighted by molar-refractivity contribution is 5.75. The van der Waals surface area contributed by atoms with E-state index in [0.717, 1.165) is 32.6 Å². The average molecular weight is 269 g/mol. The van der Waals surface area contributed by atoms with Crippen molar-refractivity contribution in [2.24, 2.45) is 5.92 Å². The topological polar surface area (TPSA) is 35.6 Å². The third kappa shape index (κ3) is 4.10. The van der Waals surface area contributed by atoms with Crippen LogP contribution in [0.1, 0.15) is 48.0 Å². The summed E-state index contributed by atoms with van der Waals surface area (Å²) in [6, 6.07) is 0.609. The highest BCUT2D eigenvalue weighted by atomic mass is 16.2. The van der Waals surface area contributed by atoms with Crippen molar-refractivity contribution >= 4 is 6.03 Å². The van der Waals surface area contributed by atoms with Gasteiger partial charge in [-0.1, -0.05) is 13.8 Å². The quantitative estimate of drug-likeness (QED) is 0.851. The number of carbonyl (C=O) groups excluding carboxylic acids is 1. The smallest absolute Gasteiger partial charge is 0.320 e. The van der Waals surface area contributed by atoms with Crippen LogP contribution in [0, 0.1) is 5.92 Å². The molecule has 1 aliphatic rings. The van der Waals surface area contributed by atoms with Gasteiger partial charge in [-0.25, -0.2) is 4.79 Å². The number of hydrogen-bond donors (Lipinski definition) is 1. The van der Waals surface area contributed by atoms with E-state index in [2.05, 4.69) is 37.9 Å². The van der Waals surface area contributed by atoms with Gasteiger partial charge in [0.25, 0.3) is 0 Å². The Bertz CT molecular complexity index is 298. The number of carbonyl (C=O) groups is 1. The minimum Gasteiger partial charge on any atom is -0.325 e. The summed E-state index contributed by atoms with van der Waals surface area (Å²) in [5.41, 5.74) is -0.104. The van der Waals surface area contributed by atoms with E-state index in [1.165, 1.54) is 0 Å². The van der Waals surface area contributed by atoms with Crippen molar-refractivity contribution in [3.8, 4) is 0 Å². The van der Waals surface area contributed by atoms with Crippen LogP contribution in [0.3, 0.4) is 0 Å². The SMILES string of the molecule is CCN(CC)C(=O)N1CC(CC(C)C)NCC1(C)C. The zero-order valence-electron chi connectivity index (χ0n) is 13.5.